The number of hydrogen-bond donors (Lipinski definition) is 2. The predicted octanol–water partition coefficient (Wildman–Crippen LogP) is 1.52. The van der Waals surface area contributed by atoms with Gasteiger partial charge < -0.3 is 4.74 Å². The molecule has 1 saturated carbocycles. The van der Waals surface area contributed by atoms with Gasteiger partial charge in [0.15, 0.2) is 0 Å². The smallest absolute Gasteiger partial charge is 0.0939 e. The number of methoxy groups -OCH3 is 1. The molecular weight excluding hydrogens is 228 g/mol. The fourth-order valence-electron chi connectivity index (χ4n) is 2.96. The van der Waals surface area contributed by atoms with Crippen molar-refractivity contribution in [1.29, 1.82) is 0 Å². The predicted molar refractivity (Wildman–Crippen MR) is 70.6 cm³/mol. The third kappa shape index (κ3) is 2.43. The molecule has 5 heteroatoms. The van der Waals surface area contributed by atoms with Gasteiger partial charge in [0, 0.05) is 20.4 Å². The van der Waals surface area contributed by atoms with E-state index in [-0.39, 0.29) is 11.6 Å². The van der Waals surface area contributed by atoms with Gasteiger partial charge in [0.2, 0.25) is 0 Å². The third-order valence-corrected chi connectivity index (χ3v) is 4.25. The Morgan fingerprint density at radius 1 is 1.56 bits per heavy atom. The lowest BCUT2D eigenvalue weighted by Gasteiger charge is -2.43. The number of hydrogen-bond acceptors (Lipinski definition) is 4. The number of rotatable bonds is 4. The highest BCUT2D eigenvalue weighted by atomic mass is 16.5. The molecule has 18 heavy (non-hydrogen) atoms. The third-order valence-electron chi connectivity index (χ3n) is 4.25. The molecule has 102 valence electrons. The average Bonchev–Trinajstić information content (AvgIpc) is 2.79. The fourth-order valence-corrected chi connectivity index (χ4v) is 2.96. The SMILES string of the molecule is COC1(C(NN)c2ccn(C)n2)CCC(C)CC1. The molecule has 1 unspecified atom stereocenters. The summed E-state index contributed by atoms with van der Waals surface area (Å²) in [5.74, 6) is 6.53. The van der Waals surface area contributed by atoms with Crippen LogP contribution in [0, 0.1) is 5.92 Å². The topological polar surface area (TPSA) is 65.1 Å². The minimum absolute atomic E-state index is 0.0452. The van der Waals surface area contributed by atoms with Gasteiger partial charge in [0.05, 0.1) is 17.3 Å². The largest absolute Gasteiger partial charge is 0.376 e. The molecule has 3 N–H and O–H groups in total. The Balaban J connectivity index is 2.23. The maximum Gasteiger partial charge on any atom is 0.0939 e. The molecular formula is C13H24N4O. The Morgan fingerprint density at radius 3 is 2.67 bits per heavy atom. The van der Waals surface area contributed by atoms with Crippen molar-refractivity contribution in [2.45, 2.75) is 44.2 Å². The molecule has 1 aromatic rings. The monoisotopic (exact) mass is 252 g/mol. The Labute approximate surface area is 109 Å². The molecule has 0 aliphatic heterocycles. The van der Waals surface area contributed by atoms with Crippen molar-refractivity contribution in [3.05, 3.63) is 18.0 Å². The molecule has 0 amide bonds. The van der Waals surface area contributed by atoms with E-state index in [1.54, 1.807) is 11.8 Å². The van der Waals surface area contributed by atoms with E-state index in [9.17, 15) is 0 Å². The molecule has 1 fully saturated rings. The van der Waals surface area contributed by atoms with E-state index in [0.717, 1.165) is 24.5 Å². The quantitative estimate of drug-likeness (QED) is 0.630. The Morgan fingerprint density at radius 2 is 2.22 bits per heavy atom. The number of nitrogens with zero attached hydrogens (tertiary/aromatic N) is 2. The molecule has 5 nitrogen and oxygen atoms in total. The van der Waals surface area contributed by atoms with E-state index in [2.05, 4.69) is 17.4 Å². The Bertz CT molecular complexity index is 382. The molecule has 0 bridgehead atoms. The number of nitrogens with two attached hydrogens (primary N) is 1. The van der Waals surface area contributed by atoms with Crippen LogP contribution >= 0.6 is 0 Å². The Hall–Kier alpha value is -0.910. The van der Waals surface area contributed by atoms with Gasteiger partial charge in [-0.15, -0.1) is 0 Å². The first-order valence-corrected chi connectivity index (χ1v) is 6.62. The lowest BCUT2D eigenvalue weighted by atomic mass is 9.74. The molecule has 1 heterocycles. The van der Waals surface area contributed by atoms with Crippen molar-refractivity contribution < 1.29 is 4.74 Å². The lowest BCUT2D eigenvalue weighted by molar-refractivity contribution is -0.0771. The highest BCUT2D eigenvalue weighted by molar-refractivity contribution is 5.13. The van der Waals surface area contributed by atoms with Gasteiger partial charge in [-0.2, -0.15) is 5.10 Å². The number of aryl methyl sites for hydroxylation is 1. The maximum atomic E-state index is 5.85. The van der Waals surface area contributed by atoms with Crippen molar-refractivity contribution in [1.82, 2.24) is 15.2 Å². The van der Waals surface area contributed by atoms with Crippen molar-refractivity contribution in [3.8, 4) is 0 Å². The fraction of sp³-hybridized carbons (Fsp3) is 0.769. The van der Waals surface area contributed by atoms with E-state index in [0.29, 0.717) is 0 Å². The van der Waals surface area contributed by atoms with Crippen LogP contribution < -0.4 is 11.3 Å². The van der Waals surface area contributed by atoms with E-state index < -0.39 is 0 Å². The van der Waals surface area contributed by atoms with Gasteiger partial charge in [0.25, 0.3) is 0 Å². The van der Waals surface area contributed by atoms with Crippen LogP contribution in [0.4, 0.5) is 0 Å². The van der Waals surface area contributed by atoms with Crippen molar-refractivity contribution >= 4 is 0 Å². The van der Waals surface area contributed by atoms with E-state index in [1.165, 1.54) is 12.8 Å². The summed E-state index contributed by atoms with van der Waals surface area (Å²) in [6, 6.07) is 1.96. The van der Waals surface area contributed by atoms with Gasteiger partial charge in [-0.25, -0.2) is 5.43 Å². The maximum absolute atomic E-state index is 5.85. The van der Waals surface area contributed by atoms with Crippen LogP contribution in [0.25, 0.3) is 0 Å². The van der Waals surface area contributed by atoms with Crippen molar-refractivity contribution in [3.63, 3.8) is 0 Å². The van der Waals surface area contributed by atoms with Crippen LogP contribution in [0.3, 0.4) is 0 Å². The summed E-state index contributed by atoms with van der Waals surface area (Å²) in [5, 5.41) is 4.46. The summed E-state index contributed by atoms with van der Waals surface area (Å²) in [7, 11) is 3.70. The lowest BCUT2D eigenvalue weighted by Crippen LogP contribution is -2.50. The second kappa shape index (κ2) is 5.38. The second-order valence-electron chi connectivity index (χ2n) is 5.47. The molecule has 0 spiro atoms. The Kier molecular flexibility index (Phi) is 4.04. The molecule has 1 aromatic heterocycles. The molecule has 0 aromatic carbocycles. The van der Waals surface area contributed by atoms with Gasteiger partial charge in [-0.05, 0) is 37.7 Å². The van der Waals surface area contributed by atoms with Gasteiger partial charge in [-0.1, -0.05) is 6.92 Å². The summed E-state index contributed by atoms with van der Waals surface area (Å²) in [6.45, 7) is 2.30. The summed E-state index contributed by atoms with van der Waals surface area (Å²) in [6.07, 6.45) is 6.35. The van der Waals surface area contributed by atoms with E-state index in [1.807, 2.05) is 19.3 Å². The zero-order valence-electron chi connectivity index (χ0n) is 11.5. The van der Waals surface area contributed by atoms with Crippen LogP contribution in [-0.2, 0) is 11.8 Å². The molecule has 0 saturated heterocycles. The summed E-state index contributed by atoms with van der Waals surface area (Å²) in [4.78, 5) is 0. The number of aromatic nitrogens is 2. The number of nitrogens with one attached hydrogen (secondary N) is 1. The van der Waals surface area contributed by atoms with Crippen molar-refractivity contribution in [2.75, 3.05) is 7.11 Å². The van der Waals surface area contributed by atoms with Gasteiger partial charge in [0.1, 0.15) is 0 Å². The summed E-state index contributed by atoms with van der Waals surface area (Å²) < 4.78 is 7.65. The van der Waals surface area contributed by atoms with Gasteiger partial charge >= 0.3 is 0 Å². The second-order valence-corrected chi connectivity index (χ2v) is 5.47. The zero-order valence-corrected chi connectivity index (χ0v) is 11.5. The van der Waals surface area contributed by atoms with Crippen molar-refractivity contribution in [2.24, 2.45) is 18.8 Å². The van der Waals surface area contributed by atoms with Crippen LogP contribution in [0.15, 0.2) is 12.3 Å². The zero-order chi connectivity index (χ0) is 13.2. The minimum Gasteiger partial charge on any atom is -0.376 e. The highest BCUT2D eigenvalue weighted by Gasteiger charge is 2.42. The number of hydrazine groups is 1. The summed E-state index contributed by atoms with van der Waals surface area (Å²) >= 11 is 0. The summed E-state index contributed by atoms with van der Waals surface area (Å²) in [5.41, 5.74) is 3.64. The van der Waals surface area contributed by atoms with Crippen LogP contribution in [0.5, 0.6) is 0 Å². The molecule has 2 rings (SSSR count). The standard InChI is InChI=1S/C13H24N4O/c1-10-4-7-13(18-3,8-5-10)12(15-14)11-6-9-17(2)16-11/h6,9-10,12,15H,4-5,7-8,14H2,1-3H3. The first-order valence-electron chi connectivity index (χ1n) is 6.62. The average molecular weight is 252 g/mol. The van der Waals surface area contributed by atoms with Crippen LogP contribution in [-0.4, -0.2) is 22.5 Å². The van der Waals surface area contributed by atoms with Crippen LogP contribution in [0.2, 0.25) is 0 Å². The van der Waals surface area contributed by atoms with E-state index in [4.69, 9.17) is 10.6 Å². The number of ether oxygens (including phenoxy) is 1. The molecule has 1 aliphatic carbocycles. The molecule has 1 aliphatic rings. The molecule has 0 radical (unpaired) electrons. The van der Waals surface area contributed by atoms with E-state index >= 15 is 0 Å². The molecule has 1 atom stereocenters. The normalized spacial score (nSPS) is 30.3. The van der Waals surface area contributed by atoms with Gasteiger partial charge in [-0.3, -0.25) is 10.5 Å². The highest BCUT2D eigenvalue weighted by Crippen LogP contribution is 2.42. The van der Waals surface area contributed by atoms with Crippen LogP contribution in [0.1, 0.15) is 44.3 Å². The first-order chi connectivity index (χ1) is 8.61. The minimum atomic E-state index is -0.227. The first kappa shape index (κ1) is 13.5.